The van der Waals surface area contributed by atoms with E-state index in [1.807, 2.05) is 30.1 Å². The van der Waals surface area contributed by atoms with Crippen molar-refractivity contribution in [1.29, 1.82) is 0 Å². The molecule has 0 spiro atoms. The second-order valence-corrected chi connectivity index (χ2v) is 5.92. The number of hydrogen-bond acceptors (Lipinski definition) is 5. The van der Waals surface area contributed by atoms with Gasteiger partial charge in [0.1, 0.15) is 5.69 Å². The molecule has 1 saturated heterocycles. The van der Waals surface area contributed by atoms with Gasteiger partial charge in [0.25, 0.3) is 5.91 Å². The van der Waals surface area contributed by atoms with E-state index in [1.54, 1.807) is 12.3 Å². The third-order valence-electron chi connectivity index (χ3n) is 4.35. The number of carbonyl (C=O) groups excluding carboxylic acids is 1. The Balaban J connectivity index is 1.60. The maximum absolute atomic E-state index is 12.5. The molecule has 1 aliphatic heterocycles. The number of likely N-dealkylation sites (tertiary alicyclic amines) is 1. The monoisotopic (exact) mass is 314 g/mol. The summed E-state index contributed by atoms with van der Waals surface area (Å²) in [6, 6.07) is 7.25. The fourth-order valence-corrected chi connectivity index (χ4v) is 2.94. The molecule has 1 N–H and O–H groups in total. The van der Waals surface area contributed by atoms with Gasteiger partial charge in [0, 0.05) is 25.4 Å². The molecule has 2 aromatic heterocycles. The highest BCUT2D eigenvalue weighted by atomic mass is 16.5. The summed E-state index contributed by atoms with van der Waals surface area (Å²) in [5.74, 6) is 0.913. The Kier molecular flexibility index (Phi) is 5.02. The fourth-order valence-electron chi connectivity index (χ4n) is 2.94. The van der Waals surface area contributed by atoms with Gasteiger partial charge in [-0.2, -0.15) is 0 Å². The van der Waals surface area contributed by atoms with Gasteiger partial charge in [-0.1, -0.05) is 11.2 Å². The van der Waals surface area contributed by atoms with Crippen LogP contribution in [0.1, 0.15) is 29.8 Å². The predicted octanol–water partition coefficient (Wildman–Crippen LogP) is 2.20. The first-order valence-corrected chi connectivity index (χ1v) is 8.10. The van der Waals surface area contributed by atoms with Crippen molar-refractivity contribution < 1.29 is 9.32 Å². The summed E-state index contributed by atoms with van der Waals surface area (Å²) >= 11 is 0. The van der Waals surface area contributed by atoms with Gasteiger partial charge in [0.15, 0.2) is 0 Å². The maximum Gasteiger partial charge on any atom is 0.292 e. The third-order valence-corrected chi connectivity index (χ3v) is 4.35. The average Bonchev–Trinajstić information content (AvgIpc) is 3.11. The van der Waals surface area contributed by atoms with Crippen LogP contribution in [-0.4, -0.2) is 47.6 Å². The van der Waals surface area contributed by atoms with Crippen LogP contribution in [0.2, 0.25) is 0 Å². The summed E-state index contributed by atoms with van der Waals surface area (Å²) < 4.78 is 5.23. The predicted molar refractivity (Wildman–Crippen MR) is 86.9 cm³/mol. The van der Waals surface area contributed by atoms with Crippen molar-refractivity contribution in [1.82, 2.24) is 20.4 Å². The first kappa shape index (κ1) is 15.7. The van der Waals surface area contributed by atoms with Crippen LogP contribution >= 0.6 is 0 Å². The number of nitrogens with zero attached hydrogens (tertiary/aromatic N) is 3. The Bertz CT molecular complexity index is 633. The van der Waals surface area contributed by atoms with Gasteiger partial charge >= 0.3 is 0 Å². The van der Waals surface area contributed by atoms with Gasteiger partial charge in [-0.05, 0) is 50.9 Å². The second-order valence-electron chi connectivity index (χ2n) is 5.92. The number of piperidine rings is 1. The highest BCUT2D eigenvalue weighted by Crippen LogP contribution is 2.23. The second kappa shape index (κ2) is 7.37. The normalized spacial score (nSPS) is 15.8. The van der Waals surface area contributed by atoms with Crippen molar-refractivity contribution in [3.8, 4) is 11.4 Å². The number of amides is 1. The molecule has 6 heteroatoms. The van der Waals surface area contributed by atoms with E-state index in [9.17, 15) is 4.79 Å². The van der Waals surface area contributed by atoms with Crippen LogP contribution in [-0.2, 0) is 0 Å². The van der Waals surface area contributed by atoms with Crippen molar-refractivity contribution in [2.75, 3.05) is 26.7 Å². The molecule has 1 fully saturated rings. The molecule has 0 bridgehead atoms. The zero-order valence-corrected chi connectivity index (χ0v) is 13.4. The van der Waals surface area contributed by atoms with E-state index in [0.717, 1.165) is 32.5 Å². The maximum atomic E-state index is 12.5. The zero-order valence-electron chi connectivity index (χ0n) is 13.4. The van der Waals surface area contributed by atoms with E-state index < -0.39 is 0 Å². The highest BCUT2D eigenvalue weighted by Gasteiger charge is 2.26. The summed E-state index contributed by atoms with van der Waals surface area (Å²) in [5, 5.41) is 7.15. The molecule has 0 saturated carbocycles. The largest absolute Gasteiger partial charge is 0.350 e. The number of pyridine rings is 1. The van der Waals surface area contributed by atoms with Crippen molar-refractivity contribution in [3.63, 3.8) is 0 Å². The molecule has 6 nitrogen and oxygen atoms in total. The minimum absolute atomic E-state index is 0.0771. The van der Waals surface area contributed by atoms with Crippen LogP contribution in [0.25, 0.3) is 11.4 Å². The Morgan fingerprint density at radius 3 is 2.87 bits per heavy atom. The summed E-state index contributed by atoms with van der Waals surface area (Å²) in [4.78, 5) is 18.6. The summed E-state index contributed by atoms with van der Waals surface area (Å²) in [6.07, 6.45) is 4.97. The molecule has 122 valence electrons. The van der Waals surface area contributed by atoms with E-state index >= 15 is 0 Å². The molecule has 0 aromatic carbocycles. The molecular weight excluding hydrogens is 292 g/mol. The lowest BCUT2D eigenvalue weighted by molar-refractivity contribution is 0.0645. The third kappa shape index (κ3) is 3.76. The summed E-state index contributed by atoms with van der Waals surface area (Å²) in [6.45, 7) is 2.60. The van der Waals surface area contributed by atoms with E-state index in [0.29, 0.717) is 23.1 Å². The lowest BCUT2D eigenvalue weighted by Gasteiger charge is -2.31. The van der Waals surface area contributed by atoms with Gasteiger partial charge in [0.05, 0.1) is 5.69 Å². The Morgan fingerprint density at radius 1 is 1.35 bits per heavy atom. The minimum atomic E-state index is -0.0771. The van der Waals surface area contributed by atoms with Crippen LogP contribution < -0.4 is 5.32 Å². The smallest absolute Gasteiger partial charge is 0.292 e. The molecule has 0 radical (unpaired) electrons. The fraction of sp³-hybridized carbons (Fsp3) is 0.471. The quantitative estimate of drug-likeness (QED) is 0.916. The number of rotatable bonds is 5. The van der Waals surface area contributed by atoms with Gasteiger partial charge in [-0.3, -0.25) is 9.78 Å². The van der Waals surface area contributed by atoms with Gasteiger partial charge in [-0.25, -0.2) is 0 Å². The van der Waals surface area contributed by atoms with Crippen LogP contribution in [0.5, 0.6) is 0 Å². The first-order chi connectivity index (χ1) is 11.3. The van der Waals surface area contributed by atoms with Crippen LogP contribution in [0.4, 0.5) is 0 Å². The molecule has 1 amide bonds. The SMILES string of the molecule is CNCCC1CCN(C(=O)c2cc(-c3ccccn3)no2)CC1. The Morgan fingerprint density at radius 2 is 2.17 bits per heavy atom. The van der Waals surface area contributed by atoms with Crippen LogP contribution in [0, 0.1) is 5.92 Å². The molecule has 0 aliphatic carbocycles. The van der Waals surface area contributed by atoms with Crippen molar-refractivity contribution in [2.24, 2.45) is 5.92 Å². The first-order valence-electron chi connectivity index (χ1n) is 8.10. The van der Waals surface area contributed by atoms with Crippen LogP contribution in [0.3, 0.4) is 0 Å². The van der Waals surface area contributed by atoms with Crippen molar-refractivity contribution in [3.05, 3.63) is 36.2 Å². The van der Waals surface area contributed by atoms with E-state index in [1.165, 1.54) is 6.42 Å². The average molecular weight is 314 g/mol. The summed E-state index contributed by atoms with van der Waals surface area (Å²) in [5.41, 5.74) is 1.30. The van der Waals surface area contributed by atoms with Gasteiger partial charge in [-0.15, -0.1) is 0 Å². The number of carbonyl (C=O) groups is 1. The number of nitrogens with one attached hydrogen (secondary N) is 1. The zero-order chi connectivity index (χ0) is 16.1. The topological polar surface area (TPSA) is 71.3 Å². The van der Waals surface area contributed by atoms with Gasteiger partial charge in [0.2, 0.25) is 5.76 Å². The summed E-state index contributed by atoms with van der Waals surface area (Å²) in [7, 11) is 1.97. The molecule has 1 aliphatic rings. The van der Waals surface area contributed by atoms with Gasteiger partial charge < -0.3 is 14.7 Å². The molecular formula is C17H22N4O2. The highest BCUT2D eigenvalue weighted by molar-refractivity contribution is 5.92. The van der Waals surface area contributed by atoms with E-state index in [4.69, 9.17) is 4.52 Å². The Labute approximate surface area is 135 Å². The van der Waals surface area contributed by atoms with E-state index in [-0.39, 0.29) is 5.91 Å². The minimum Gasteiger partial charge on any atom is -0.350 e. The standard InChI is InChI=1S/C17H22N4O2/c1-18-9-5-13-6-10-21(11-7-13)17(22)16-12-15(20-23-16)14-4-2-3-8-19-14/h2-4,8,12-13,18H,5-7,9-11H2,1H3. The van der Waals surface area contributed by atoms with Crippen LogP contribution in [0.15, 0.2) is 35.0 Å². The van der Waals surface area contributed by atoms with Crippen molar-refractivity contribution >= 4 is 5.91 Å². The molecule has 3 heterocycles. The number of aromatic nitrogens is 2. The Hall–Kier alpha value is -2.21. The van der Waals surface area contributed by atoms with Crippen molar-refractivity contribution in [2.45, 2.75) is 19.3 Å². The number of hydrogen-bond donors (Lipinski definition) is 1. The molecule has 0 unspecified atom stereocenters. The molecule has 3 rings (SSSR count). The van der Waals surface area contributed by atoms with E-state index in [2.05, 4.69) is 15.5 Å². The molecule has 2 aromatic rings. The lowest BCUT2D eigenvalue weighted by Crippen LogP contribution is -2.38. The molecule has 0 atom stereocenters. The molecule has 23 heavy (non-hydrogen) atoms. The lowest BCUT2D eigenvalue weighted by atomic mass is 9.93.